The molecule has 44 heavy (non-hydrogen) atoms. The smallest absolute Gasteiger partial charge is 0.255 e. The largest absolute Gasteiger partial charge is 0.510 e. The van der Waals surface area contributed by atoms with Crippen LogP contribution in [0.1, 0.15) is 54.0 Å². The van der Waals surface area contributed by atoms with E-state index in [1.54, 1.807) is 25.3 Å². The topological polar surface area (TPSA) is 241 Å². The van der Waals surface area contributed by atoms with E-state index in [1.165, 1.54) is 37.5 Å². The van der Waals surface area contributed by atoms with Crippen LogP contribution in [0, 0.1) is 18.8 Å². The van der Waals surface area contributed by atoms with Gasteiger partial charge >= 0.3 is 0 Å². The summed E-state index contributed by atoms with van der Waals surface area (Å²) in [7, 11) is 2.93. The number of nitrogens with two attached hydrogens (primary N) is 1. The van der Waals surface area contributed by atoms with E-state index in [-0.39, 0.29) is 16.8 Å². The number of aliphatic hydroxyl groups is 4. The SMILES string of the molecule is CCC(C(=O)Nc1ccc2c(c1O)C(=O)C1=C(O)C3(O)C(=O)C(C(N)=O)=C(O)[C@@H](N(C)C)C3C(O)C1C2C)n1cnnc1C. The van der Waals surface area contributed by atoms with E-state index >= 15 is 0 Å². The van der Waals surface area contributed by atoms with Gasteiger partial charge in [0.2, 0.25) is 11.7 Å². The molecule has 8 N–H and O–H groups in total. The van der Waals surface area contributed by atoms with Crippen LogP contribution in [-0.4, -0.2) is 100 Å². The van der Waals surface area contributed by atoms with Gasteiger partial charge in [-0.2, -0.15) is 0 Å². The molecule has 0 bridgehead atoms. The van der Waals surface area contributed by atoms with Crippen molar-refractivity contribution in [3.63, 3.8) is 0 Å². The number of aliphatic hydroxyl groups excluding tert-OH is 3. The summed E-state index contributed by atoms with van der Waals surface area (Å²) in [5.41, 5.74) is 0.670. The van der Waals surface area contributed by atoms with Crippen molar-refractivity contribution >= 4 is 29.1 Å². The summed E-state index contributed by atoms with van der Waals surface area (Å²) in [5.74, 6) is -10.00. The van der Waals surface area contributed by atoms with Crippen LogP contribution in [0.3, 0.4) is 0 Å². The second-order valence-electron chi connectivity index (χ2n) is 11.7. The number of primary amides is 1. The molecule has 3 aliphatic carbocycles. The lowest BCUT2D eigenvalue weighted by Gasteiger charge is -2.53. The molecule has 2 aromatic rings. The molecular weight excluding hydrogens is 576 g/mol. The number of carbonyl (C=O) groups is 4. The Morgan fingerprint density at radius 1 is 1.20 bits per heavy atom. The van der Waals surface area contributed by atoms with Gasteiger partial charge in [-0.15, -0.1) is 10.2 Å². The lowest BCUT2D eigenvalue weighted by atomic mass is 9.55. The van der Waals surface area contributed by atoms with Gasteiger partial charge in [0, 0.05) is 11.5 Å². The number of hydrogen-bond acceptors (Lipinski definition) is 12. The lowest BCUT2D eigenvalue weighted by Crippen LogP contribution is -2.68. The van der Waals surface area contributed by atoms with E-state index in [4.69, 9.17) is 5.73 Å². The molecule has 3 aliphatic rings. The third-order valence-electron chi connectivity index (χ3n) is 9.17. The number of ketones is 2. The molecule has 1 heterocycles. The van der Waals surface area contributed by atoms with Gasteiger partial charge in [-0.3, -0.25) is 24.1 Å². The van der Waals surface area contributed by atoms with Crippen LogP contribution in [0.15, 0.2) is 41.1 Å². The Labute approximate surface area is 251 Å². The Morgan fingerprint density at radius 3 is 2.41 bits per heavy atom. The van der Waals surface area contributed by atoms with Crippen LogP contribution in [-0.2, 0) is 14.4 Å². The van der Waals surface area contributed by atoms with Gasteiger partial charge in [0.25, 0.3) is 5.91 Å². The summed E-state index contributed by atoms with van der Waals surface area (Å²) in [6, 6.07) is 0.811. The molecule has 2 amide bonds. The van der Waals surface area contributed by atoms with E-state index in [1.807, 2.05) is 0 Å². The Bertz CT molecular complexity index is 1680. The standard InChI is InChI=1S/C29H34N6O9/c1-6-14(35-9-31-33-11(35)3)28(43)32-13-8-7-12-10(2)15-17(22(37)16(12)21(13)36)25(40)29(44)19(23(15)38)20(34(4)5)24(39)18(26(29)41)27(30)42/h7-10,14-15,19-20,23,36,38-40,44H,6H2,1-5H3,(H2,30,42)(H,32,43)/t10?,14?,15?,19?,20-,23?,29?/m0/s1. The second kappa shape index (κ2) is 10.5. The number of nitrogens with zero attached hydrogens (tertiary/aromatic N) is 4. The molecule has 6 unspecified atom stereocenters. The summed E-state index contributed by atoms with van der Waals surface area (Å²) in [5, 5.41) is 67.5. The highest BCUT2D eigenvalue weighted by Crippen LogP contribution is 2.56. The predicted molar refractivity (Wildman–Crippen MR) is 152 cm³/mol. The van der Waals surface area contributed by atoms with E-state index in [9.17, 15) is 44.7 Å². The van der Waals surface area contributed by atoms with E-state index in [0.29, 0.717) is 12.2 Å². The van der Waals surface area contributed by atoms with Crippen LogP contribution < -0.4 is 11.1 Å². The van der Waals surface area contributed by atoms with Gasteiger partial charge in [0.1, 0.15) is 35.3 Å². The maximum atomic E-state index is 14.0. The fourth-order valence-corrected chi connectivity index (χ4v) is 7.05. The quantitative estimate of drug-likeness (QED) is 0.171. The van der Waals surface area contributed by atoms with Crippen molar-refractivity contribution in [1.29, 1.82) is 0 Å². The van der Waals surface area contributed by atoms with Gasteiger partial charge in [-0.05, 0) is 45.0 Å². The molecule has 1 aromatic carbocycles. The first-order valence-corrected chi connectivity index (χ1v) is 14.0. The highest BCUT2D eigenvalue weighted by atomic mass is 16.4. The van der Waals surface area contributed by atoms with Crippen LogP contribution >= 0.6 is 0 Å². The Balaban J connectivity index is 1.64. The number of nitrogens with one attached hydrogen (secondary N) is 1. The minimum Gasteiger partial charge on any atom is -0.510 e. The number of carbonyl (C=O) groups excluding carboxylic acids is 4. The van der Waals surface area contributed by atoms with Crippen molar-refractivity contribution in [1.82, 2.24) is 19.7 Å². The van der Waals surface area contributed by atoms with Crippen molar-refractivity contribution in [2.75, 3.05) is 19.4 Å². The van der Waals surface area contributed by atoms with Gasteiger partial charge in [0.05, 0.1) is 29.3 Å². The van der Waals surface area contributed by atoms with Crippen LogP contribution in [0.5, 0.6) is 5.75 Å². The van der Waals surface area contributed by atoms with Gasteiger partial charge in [-0.25, -0.2) is 0 Å². The second-order valence-corrected chi connectivity index (χ2v) is 11.7. The monoisotopic (exact) mass is 610 g/mol. The maximum absolute atomic E-state index is 14.0. The average Bonchev–Trinajstić information content (AvgIpc) is 3.37. The molecule has 15 nitrogen and oxygen atoms in total. The molecule has 0 spiro atoms. The number of fused-ring (bicyclic) bond motifs is 3. The molecule has 5 rings (SSSR count). The van der Waals surface area contributed by atoms with Crippen molar-refractivity contribution < 1.29 is 44.7 Å². The Morgan fingerprint density at radius 2 is 1.86 bits per heavy atom. The highest BCUT2D eigenvalue weighted by molar-refractivity contribution is 6.25. The first-order chi connectivity index (χ1) is 20.6. The zero-order valence-electron chi connectivity index (χ0n) is 24.6. The van der Waals surface area contributed by atoms with Gasteiger partial charge < -0.3 is 41.2 Å². The van der Waals surface area contributed by atoms with Crippen molar-refractivity contribution in [2.45, 2.75) is 56.9 Å². The number of likely N-dealkylation sites (N-methyl/N-ethyl adjacent to an activating group) is 1. The molecule has 1 aromatic heterocycles. The molecule has 0 aliphatic heterocycles. The highest BCUT2D eigenvalue weighted by Gasteiger charge is 2.67. The van der Waals surface area contributed by atoms with Crippen LogP contribution in [0.4, 0.5) is 5.69 Å². The van der Waals surface area contributed by atoms with E-state index < -0.39 is 93.3 Å². The number of benzene rings is 1. The van der Waals surface area contributed by atoms with Gasteiger partial charge in [-0.1, -0.05) is 19.9 Å². The number of phenolic OH excluding ortho intramolecular Hbond substituents is 1. The Hall–Kier alpha value is -4.60. The molecule has 0 saturated heterocycles. The summed E-state index contributed by atoms with van der Waals surface area (Å²) in [4.78, 5) is 54.3. The number of aryl methyl sites for hydroxylation is 1. The fourth-order valence-electron chi connectivity index (χ4n) is 7.05. The van der Waals surface area contributed by atoms with Crippen LogP contribution in [0.25, 0.3) is 0 Å². The third-order valence-corrected chi connectivity index (χ3v) is 9.17. The zero-order valence-corrected chi connectivity index (χ0v) is 24.6. The van der Waals surface area contributed by atoms with Gasteiger partial charge in [0.15, 0.2) is 17.1 Å². The van der Waals surface area contributed by atoms with E-state index in [0.717, 1.165) is 0 Å². The number of phenols is 1. The van der Waals surface area contributed by atoms with Crippen molar-refractivity contribution in [3.8, 4) is 5.75 Å². The molecule has 234 valence electrons. The molecule has 0 fully saturated rings. The summed E-state index contributed by atoms with van der Waals surface area (Å²) in [6.45, 7) is 5.07. The number of anilines is 1. The first-order valence-electron chi connectivity index (χ1n) is 14.0. The number of hydrogen-bond donors (Lipinski definition) is 7. The minimum atomic E-state index is -3.02. The summed E-state index contributed by atoms with van der Waals surface area (Å²) in [6.07, 6.45) is 0.0466. The van der Waals surface area contributed by atoms with E-state index in [2.05, 4.69) is 15.5 Å². The predicted octanol–water partition coefficient (Wildman–Crippen LogP) is 0.142. The molecular formula is C29H34N6O9. The normalized spacial score (nSPS) is 28.9. The molecule has 15 heteroatoms. The zero-order chi connectivity index (χ0) is 32.6. The molecule has 0 saturated carbocycles. The third kappa shape index (κ3) is 4.07. The summed E-state index contributed by atoms with van der Waals surface area (Å²) < 4.78 is 1.56. The number of Topliss-reactive ketones (excluding diaryl/α,β-unsaturated/α-hetero) is 2. The fraction of sp³-hybridized carbons (Fsp3) is 0.448. The lowest BCUT2D eigenvalue weighted by molar-refractivity contribution is -0.162. The van der Waals surface area contributed by atoms with Crippen molar-refractivity contribution in [3.05, 3.63) is 58.1 Å². The number of rotatable bonds is 6. The Kier molecular flexibility index (Phi) is 7.39. The minimum absolute atomic E-state index is 0.116. The van der Waals surface area contributed by atoms with Crippen LogP contribution in [0.2, 0.25) is 0 Å². The number of amides is 2. The number of aromatic hydroxyl groups is 1. The van der Waals surface area contributed by atoms with Crippen molar-refractivity contribution in [2.24, 2.45) is 17.6 Å². The average molecular weight is 611 g/mol. The summed E-state index contributed by atoms with van der Waals surface area (Å²) >= 11 is 0. The first kappa shape index (κ1) is 30.8. The molecule has 7 atom stereocenters. The maximum Gasteiger partial charge on any atom is 0.255 e. The molecule has 0 radical (unpaired) electrons. The number of aromatic nitrogens is 3.